The molecule has 0 aliphatic heterocycles. The molecule has 6 nitrogen and oxygen atoms in total. The van der Waals surface area contributed by atoms with E-state index in [1.54, 1.807) is 36.4 Å². The van der Waals surface area contributed by atoms with Crippen LogP contribution in [0.15, 0.2) is 59.4 Å². The molecule has 1 amide bonds. The Hall–Kier alpha value is -2.83. The number of aromatic nitrogens is 1. The lowest BCUT2D eigenvalue weighted by atomic mass is 10.0. The maximum absolute atomic E-state index is 12.3. The Balaban J connectivity index is 0.00000261. The number of halogens is 2. The molecule has 1 atom stereocenters. The summed E-state index contributed by atoms with van der Waals surface area (Å²) in [5.74, 6) is -1.71. The molecule has 27 heavy (non-hydrogen) atoms. The molecule has 0 radical (unpaired) electrons. The van der Waals surface area contributed by atoms with Crippen molar-refractivity contribution >= 4 is 46.8 Å². The fourth-order valence-corrected chi connectivity index (χ4v) is 2.83. The maximum Gasteiger partial charge on any atom is 0.326 e. The molecular formula is C19H16Cl2N2O4. The molecule has 140 valence electrons. The van der Waals surface area contributed by atoms with Crippen LogP contribution < -0.4 is 10.9 Å². The molecule has 0 saturated carbocycles. The van der Waals surface area contributed by atoms with Crippen molar-refractivity contribution < 1.29 is 14.7 Å². The van der Waals surface area contributed by atoms with E-state index in [0.29, 0.717) is 21.7 Å². The van der Waals surface area contributed by atoms with Crippen molar-refractivity contribution in [2.45, 2.75) is 12.5 Å². The molecule has 1 heterocycles. The summed E-state index contributed by atoms with van der Waals surface area (Å²) in [6, 6.07) is 13.4. The van der Waals surface area contributed by atoms with Gasteiger partial charge in [-0.3, -0.25) is 9.59 Å². The van der Waals surface area contributed by atoms with Gasteiger partial charge in [-0.1, -0.05) is 29.8 Å². The molecule has 1 unspecified atom stereocenters. The van der Waals surface area contributed by atoms with Gasteiger partial charge < -0.3 is 15.4 Å². The number of aromatic amines is 1. The minimum Gasteiger partial charge on any atom is -0.480 e. The largest absolute Gasteiger partial charge is 0.480 e. The van der Waals surface area contributed by atoms with Crippen LogP contribution in [0, 0.1) is 0 Å². The number of aliphatic carboxylic acids is 1. The van der Waals surface area contributed by atoms with E-state index in [1.807, 2.05) is 0 Å². The second kappa shape index (κ2) is 8.70. The van der Waals surface area contributed by atoms with E-state index in [-0.39, 0.29) is 24.4 Å². The first-order chi connectivity index (χ1) is 12.4. The molecule has 3 rings (SSSR count). The average molecular weight is 407 g/mol. The predicted molar refractivity (Wildman–Crippen MR) is 106 cm³/mol. The van der Waals surface area contributed by atoms with Gasteiger partial charge in [0.1, 0.15) is 6.04 Å². The van der Waals surface area contributed by atoms with Crippen molar-refractivity contribution in [1.29, 1.82) is 0 Å². The first-order valence-corrected chi connectivity index (χ1v) is 8.22. The number of para-hydroxylation sites is 1. The van der Waals surface area contributed by atoms with Crippen molar-refractivity contribution in [3.63, 3.8) is 0 Å². The van der Waals surface area contributed by atoms with Crippen molar-refractivity contribution in [3.05, 3.63) is 81.1 Å². The lowest BCUT2D eigenvalue weighted by Crippen LogP contribution is -2.42. The third-order valence-electron chi connectivity index (χ3n) is 3.97. The number of hydrogen-bond acceptors (Lipinski definition) is 3. The minimum atomic E-state index is -1.18. The summed E-state index contributed by atoms with van der Waals surface area (Å²) in [6.07, 6.45) is -0.0148. The first-order valence-electron chi connectivity index (χ1n) is 7.84. The standard InChI is InChI=1S/C19H15ClN2O4.ClH/c20-13-7-5-11(6-8-13)18(24)22-16(19(25)26)9-12-10-17(23)21-15-4-2-1-3-14(12)15;/h1-8,10,16H,9H2,(H,21,23)(H,22,24)(H,25,26);1H. The molecule has 3 aromatic rings. The van der Waals surface area contributed by atoms with Crippen LogP contribution >= 0.6 is 24.0 Å². The monoisotopic (exact) mass is 406 g/mol. The van der Waals surface area contributed by atoms with E-state index in [1.165, 1.54) is 18.2 Å². The average Bonchev–Trinajstić information content (AvgIpc) is 2.61. The number of pyridine rings is 1. The smallest absolute Gasteiger partial charge is 0.326 e. The van der Waals surface area contributed by atoms with E-state index in [0.717, 1.165) is 5.39 Å². The van der Waals surface area contributed by atoms with Crippen LogP contribution in [0.4, 0.5) is 0 Å². The number of carbonyl (C=O) groups excluding carboxylic acids is 1. The molecule has 0 fully saturated rings. The molecule has 0 aliphatic rings. The van der Waals surface area contributed by atoms with Crippen LogP contribution in [0.3, 0.4) is 0 Å². The lowest BCUT2D eigenvalue weighted by molar-refractivity contribution is -0.139. The van der Waals surface area contributed by atoms with Gasteiger partial charge in [-0.2, -0.15) is 0 Å². The van der Waals surface area contributed by atoms with E-state index in [2.05, 4.69) is 10.3 Å². The van der Waals surface area contributed by atoms with Gasteiger partial charge in [0.25, 0.3) is 5.91 Å². The van der Waals surface area contributed by atoms with Crippen LogP contribution in [0.5, 0.6) is 0 Å². The molecule has 0 aliphatic carbocycles. The second-order valence-electron chi connectivity index (χ2n) is 5.78. The number of fused-ring (bicyclic) bond motifs is 1. The third kappa shape index (κ3) is 4.87. The molecule has 2 aromatic carbocycles. The molecule has 0 bridgehead atoms. The third-order valence-corrected chi connectivity index (χ3v) is 4.22. The molecule has 3 N–H and O–H groups in total. The van der Waals surface area contributed by atoms with Crippen molar-refractivity contribution in [3.8, 4) is 0 Å². The lowest BCUT2D eigenvalue weighted by Gasteiger charge is -2.16. The van der Waals surface area contributed by atoms with Gasteiger partial charge in [0.05, 0.1) is 0 Å². The van der Waals surface area contributed by atoms with Gasteiger partial charge in [-0.15, -0.1) is 12.4 Å². The Morgan fingerprint density at radius 2 is 1.78 bits per heavy atom. The van der Waals surface area contributed by atoms with Gasteiger partial charge in [0.15, 0.2) is 0 Å². The van der Waals surface area contributed by atoms with Gasteiger partial charge in [-0.25, -0.2) is 4.79 Å². The van der Waals surface area contributed by atoms with E-state index >= 15 is 0 Å². The Morgan fingerprint density at radius 3 is 2.44 bits per heavy atom. The fourth-order valence-electron chi connectivity index (χ4n) is 2.71. The van der Waals surface area contributed by atoms with Crippen LogP contribution in [-0.2, 0) is 11.2 Å². The summed E-state index contributed by atoms with van der Waals surface area (Å²) in [4.78, 5) is 38.5. The molecule has 0 saturated heterocycles. The molecule has 1 aromatic heterocycles. The zero-order valence-electron chi connectivity index (χ0n) is 13.9. The fraction of sp³-hybridized carbons (Fsp3) is 0.105. The normalized spacial score (nSPS) is 11.4. The van der Waals surface area contributed by atoms with E-state index in [9.17, 15) is 19.5 Å². The quantitative estimate of drug-likeness (QED) is 0.606. The highest BCUT2D eigenvalue weighted by Crippen LogP contribution is 2.17. The number of benzene rings is 2. The van der Waals surface area contributed by atoms with E-state index < -0.39 is 17.9 Å². The maximum atomic E-state index is 12.3. The first kappa shape index (κ1) is 20.5. The highest BCUT2D eigenvalue weighted by molar-refractivity contribution is 6.30. The highest BCUT2D eigenvalue weighted by atomic mass is 35.5. The summed E-state index contributed by atoms with van der Waals surface area (Å²) >= 11 is 5.79. The van der Waals surface area contributed by atoms with Gasteiger partial charge in [-0.05, 0) is 35.9 Å². The Labute approximate surface area is 165 Å². The topological polar surface area (TPSA) is 99.3 Å². The van der Waals surface area contributed by atoms with Crippen LogP contribution in [-0.4, -0.2) is 28.0 Å². The number of H-pyrrole nitrogens is 1. The second-order valence-corrected chi connectivity index (χ2v) is 6.22. The van der Waals surface area contributed by atoms with Gasteiger partial charge >= 0.3 is 5.97 Å². The Kier molecular flexibility index (Phi) is 6.60. The van der Waals surface area contributed by atoms with Gasteiger partial charge in [0.2, 0.25) is 5.56 Å². The minimum absolute atomic E-state index is 0. The number of amides is 1. The SMILES string of the molecule is Cl.O=C(NC(Cc1cc(=O)[nH]c2ccccc12)C(=O)O)c1ccc(Cl)cc1. The number of carboxylic acid groups (broad SMARTS) is 1. The summed E-state index contributed by atoms with van der Waals surface area (Å²) in [5.41, 5.74) is 1.14. The summed E-state index contributed by atoms with van der Waals surface area (Å²) in [5, 5.41) is 13.2. The Bertz CT molecular complexity index is 1030. The van der Waals surface area contributed by atoms with Gasteiger partial charge in [0, 0.05) is 34.0 Å². The molecule has 8 heteroatoms. The molecular weight excluding hydrogens is 391 g/mol. The molecule has 0 spiro atoms. The number of nitrogens with one attached hydrogen (secondary N) is 2. The summed E-state index contributed by atoms with van der Waals surface area (Å²) in [6.45, 7) is 0. The van der Waals surface area contributed by atoms with Crippen molar-refractivity contribution in [1.82, 2.24) is 10.3 Å². The summed E-state index contributed by atoms with van der Waals surface area (Å²) in [7, 11) is 0. The zero-order valence-corrected chi connectivity index (χ0v) is 15.5. The number of hydrogen-bond donors (Lipinski definition) is 3. The highest BCUT2D eigenvalue weighted by Gasteiger charge is 2.22. The number of carboxylic acids is 1. The number of rotatable bonds is 5. The van der Waals surface area contributed by atoms with Crippen molar-refractivity contribution in [2.75, 3.05) is 0 Å². The van der Waals surface area contributed by atoms with Crippen LogP contribution in [0.25, 0.3) is 10.9 Å². The number of carbonyl (C=O) groups is 2. The Morgan fingerprint density at radius 1 is 1.11 bits per heavy atom. The predicted octanol–water partition coefficient (Wildman–Crippen LogP) is 3.03. The van der Waals surface area contributed by atoms with Crippen LogP contribution in [0.2, 0.25) is 5.02 Å². The van der Waals surface area contributed by atoms with Crippen LogP contribution in [0.1, 0.15) is 15.9 Å². The zero-order chi connectivity index (χ0) is 18.7. The summed E-state index contributed by atoms with van der Waals surface area (Å²) < 4.78 is 0. The van der Waals surface area contributed by atoms with Crippen molar-refractivity contribution in [2.24, 2.45) is 0 Å². The van der Waals surface area contributed by atoms with E-state index in [4.69, 9.17) is 11.6 Å².